The van der Waals surface area contributed by atoms with E-state index in [-0.39, 0.29) is 19.1 Å². The Balaban J connectivity index is 0. The van der Waals surface area contributed by atoms with Crippen molar-refractivity contribution >= 4 is 64.8 Å². The van der Waals surface area contributed by atoms with Gasteiger partial charge in [0.25, 0.3) is 0 Å². The largest absolute Gasteiger partial charge is 0.132 e. The summed E-state index contributed by atoms with van der Waals surface area (Å²) in [5, 5.41) is 0. The molecule has 1 rings (SSSR count). The lowest BCUT2D eigenvalue weighted by molar-refractivity contribution is 0.331. The first-order valence-electron chi connectivity index (χ1n) is 6.00. The van der Waals surface area contributed by atoms with Crippen LogP contribution in [0.25, 0.3) is 0 Å². The topological polar surface area (TPSA) is 0 Å². The highest BCUT2D eigenvalue weighted by atomic mass is 80.0. The molecule has 1 fully saturated rings. The summed E-state index contributed by atoms with van der Waals surface area (Å²) in [6, 6.07) is 0. The van der Waals surface area contributed by atoms with E-state index in [4.69, 9.17) is 0 Å². The van der Waals surface area contributed by atoms with Gasteiger partial charge in [0.2, 0.25) is 0 Å². The lowest BCUT2D eigenvalue weighted by atomic mass is 9.86. The van der Waals surface area contributed by atoms with Gasteiger partial charge in [-0.25, -0.2) is 0 Å². The van der Waals surface area contributed by atoms with E-state index >= 15 is 0 Å². The molecule has 0 amide bonds. The fourth-order valence-corrected chi connectivity index (χ4v) is 1.97. The van der Waals surface area contributed by atoms with Crippen LogP contribution in [0.5, 0.6) is 0 Å². The fraction of sp³-hybridized carbons (Fsp3) is 1.00. The first kappa shape index (κ1) is 20.2. The maximum absolute atomic E-state index is 3.21. The third kappa shape index (κ3) is 18.3. The molecule has 1 aliphatic rings. The number of hydrogen-bond acceptors (Lipinski definition) is 0. The van der Waals surface area contributed by atoms with Crippen molar-refractivity contribution in [3.8, 4) is 0 Å². The van der Waals surface area contributed by atoms with E-state index in [9.17, 15) is 0 Å². The van der Waals surface area contributed by atoms with Crippen LogP contribution in [0, 0.1) is 5.92 Å². The molecule has 0 bridgehead atoms. The number of unbranched alkanes of at least 4 members (excludes halogenated alkanes) is 1. The molecule has 0 spiro atoms. The second-order valence-corrected chi connectivity index (χ2v) is 12.4. The molecule has 0 aromatic heterocycles. The van der Waals surface area contributed by atoms with Crippen LogP contribution < -0.4 is 0 Å². The first-order valence-corrected chi connectivity index (χ1v) is 8.38. The Morgan fingerprint density at radius 2 is 1.50 bits per heavy atom. The molecule has 0 atom stereocenters. The van der Waals surface area contributed by atoms with E-state index in [0.29, 0.717) is 0 Å². The van der Waals surface area contributed by atoms with Gasteiger partial charge in [-0.05, 0) is 12.8 Å². The van der Waals surface area contributed by atoms with Crippen LogP contribution in [0.2, 0.25) is 0 Å². The van der Waals surface area contributed by atoms with Crippen LogP contribution in [0.4, 0.5) is 0 Å². The first-order chi connectivity index (χ1) is 6.93. The molecular formula is C12H24Br4. The Hall–Kier alpha value is 1.92. The van der Waals surface area contributed by atoms with Gasteiger partial charge in [-0.2, -0.15) is 0 Å². The maximum Gasteiger partial charge on any atom is 0.132 e. The smallest absolute Gasteiger partial charge is 0.114 e. The van der Waals surface area contributed by atoms with Crippen molar-refractivity contribution in [2.75, 3.05) is 0 Å². The van der Waals surface area contributed by atoms with Crippen LogP contribution in [-0.2, 0) is 0 Å². The molecule has 0 nitrogen and oxygen atoms in total. The monoisotopic (exact) mass is 484 g/mol. The molecule has 0 aromatic carbocycles. The van der Waals surface area contributed by atoms with Gasteiger partial charge in [0, 0.05) is 0 Å². The normalized spacial score (nSPS) is 17.1. The lowest BCUT2D eigenvalue weighted by Gasteiger charge is -2.20. The van der Waals surface area contributed by atoms with Crippen molar-refractivity contribution in [3.05, 3.63) is 0 Å². The van der Waals surface area contributed by atoms with Gasteiger partial charge in [-0.15, -0.1) is 17.0 Å². The van der Waals surface area contributed by atoms with E-state index in [2.05, 4.69) is 54.7 Å². The molecule has 0 radical (unpaired) electrons. The van der Waals surface area contributed by atoms with Gasteiger partial charge in [0.15, 0.2) is 0 Å². The predicted molar refractivity (Wildman–Crippen MR) is 91.6 cm³/mol. The van der Waals surface area contributed by atoms with E-state index < -0.39 is 0 Å². The fourth-order valence-electron chi connectivity index (χ4n) is 1.97. The van der Waals surface area contributed by atoms with Gasteiger partial charge >= 0.3 is 0 Å². The predicted octanol–water partition coefficient (Wildman–Crippen LogP) is 7.18. The number of hydrogen-bond donors (Lipinski definition) is 0. The van der Waals surface area contributed by atoms with Crippen LogP contribution >= 0.6 is 64.8 Å². The van der Waals surface area contributed by atoms with Crippen molar-refractivity contribution < 1.29 is 0 Å². The van der Waals surface area contributed by atoms with Gasteiger partial charge in [0.05, 0.1) is 0 Å². The average Bonchev–Trinajstić information content (AvgIpc) is 2.14. The molecular weight excluding hydrogens is 464 g/mol. The summed E-state index contributed by atoms with van der Waals surface area (Å²) in [5.41, 5.74) is 0. The van der Waals surface area contributed by atoms with Crippen molar-refractivity contribution in [1.29, 1.82) is 0 Å². The number of rotatable bonds is 3. The summed E-state index contributed by atoms with van der Waals surface area (Å²) in [4.78, 5) is 0. The molecule has 0 aromatic rings. The quantitative estimate of drug-likeness (QED) is 0.370. The molecule has 0 unspecified atom stereocenters. The van der Waals surface area contributed by atoms with E-state index in [1.54, 1.807) is 0 Å². The third-order valence-electron chi connectivity index (χ3n) is 2.69. The van der Waals surface area contributed by atoms with E-state index in [1.165, 1.54) is 51.4 Å². The van der Waals surface area contributed by atoms with E-state index in [1.807, 2.05) is 6.92 Å². The van der Waals surface area contributed by atoms with Crippen LogP contribution in [0.1, 0.15) is 65.2 Å². The SMILES string of the molecule is Br.CC(Br)(Br)Br.CCCCC1CCCCC1. The standard InChI is InChI=1S/C10H20.C2H3Br3.BrH/c1-2-3-7-10-8-5-4-6-9-10;1-2(3,4)5;/h10H,2-9H2,1H3;1H3;1H. The van der Waals surface area contributed by atoms with Crippen molar-refractivity contribution in [2.24, 2.45) is 5.92 Å². The lowest BCUT2D eigenvalue weighted by Crippen LogP contribution is -2.05. The summed E-state index contributed by atoms with van der Waals surface area (Å²) in [5.74, 6) is 1.11. The molecule has 1 aliphatic carbocycles. The van der Waals surface area contributed by atoms with Crippen molar-refractivity contribution in [2.45, 2.75) is 67.4 Å². The Bertz CT molecular complexity index is 130. The van der Waals surface area contributed by atoms with Gasteiger partial charge in [0.1, 0.15) is 2.14 Å². The highest BCUT2D eigenvalue weighted by Crippen LogP contribution is 2.31. The molecule has 0 saturated heterocycles. The Morgan fingerprint density at radius 3 is 1.88 bits per heavy atom. The summed E-state index contributed by atoms with van der Waals surface area (Å²) in [6.07, 6.45) is 11.9. The van der Waals surface area contributed by atoms with Crippen LogP contribution in [0.3, 0.4) is 0 Å². The summed E-state index contributed by atoms with van der Waals surface area (Å²) < 4.78 is -0.0625. The molecule has 1 saturated carbocycles. The Morgan fingerprint density at radius 1 is 1.06 bits per heavy atom. The molecule has 0 aliphatic heterocycles. The Kier molecular flexibility index (Phi) is 15.2. The zero-order valence-electron chi connectivity index (χ0n) is 10.3. The zero-order valence-corrected chi connectivity index (χ0v) is 16.7. The third-order valence-corrected chi connectivity index (χ3v) is 2.69. The van der Waals surface area contributed by atoms with Crippen LogP contribution in [0.15, 0.2) is 0 Å². The molecule has 0 N–H and O–H groups in total. The van der Waals surface area contributed by atoms with Gasteiger partial charge < -0.3 is 0 Å². The van der Waals surface area contributed by atoms with E-state index in [0.717, 1.165) is 5.92 Å². The summed E-state index contributed by atoms with van der Waals surface area (Å²) in [6.45, 7) is 4.23. The van der Waals surface area contributed by atoms with Crippen LogP contribution in [-0.4, -0.2) is 2.14 Å². The second-order valence-electron chi connectivity index (χ2n) is 4.43. The minimum absolute atomic E-state index is 0. The summed E-state index contributed by atoms with van der Waals surface area (Å²) >= 11 is 9.62. The zero-order chi connectivity index (χ0) is 11.7. The minimum Gasteiger partial charge on any atom is -0.114 e. The van der Waals surface area contributed by atoms with Crippen molar-refractivity contribution in [1.82, 2.24) is 0 Å². The maximum atomic E-state index is 3.21. The average molecular weight is 488 g/mol. The number of halogens is 4. The van der Waals surface area contributed by atoms with Crippen molar-refractivity contribution in [3.63, 3.8) is 0 Å². The number of alkyl halides is 3. The van der Waals surface area contributed by atoms with Gasteiger partial charge in [-0.3, -0.25) is 0 Å². The minimum atomic E-state index is -0.0625. The van der Waals surface area contributed by atoms with Gasteiger partial charge in [-0.1, -0.05) is 106 Å². The molecule has 100 valence electrons. The molecule has 0 heterocycles. The highest BCUT2D eigenvalue weighted by Gasteiger charge is 2.11. The summed E-state index contributed by atoms with van der Waals surface area (Å²) in [7, 11) is 0. The highest BCUT2D eigenvalue weighted by molar-refractivity contribution is 9.39. The second kappa shape index (κ2) is 12.0. The Labute approximate surface area is 137 Å². The molecule has 16 heavy (non-hydrogen) atoms. The molecule has 4 heteroatoms.